The van der Waals surface area contributed by atoms with Crippen LogP contribution in [0.2, 0.25) is 0 Å². The van der Waals surface area contributed by atoms with Gasteiger partial charge in [-0.05, 0) is 50.4 Å². The second-order valence-electron chi connectivity index (χ2n) is 7.70. The number of aliphatic hydroxyl groups excluding tert-OH is 1. The van der Waals surface area contributed by atoms with E-state index in [2.05, 4.69) is 31.5 Å². The largest absolute Gasteiger partial charge is 0.493 e. The minimum absolute atomic E-state index is 0.0462. The number of methoxy groups -OCH3 is 1. The predicted molar refractivity (Wildman–Crippen MR) is 93.7 cm³/mol. The molecule has 0 aromatic heterocycles. The van der Waals surface area contributed by atoms with Crippen molar-refractivity contribution in [3.05, 3.63) is 35.9 Å². The molecule has 1 saturated heterocycles. The molecule has 130 valence electrons. The van der Waals surface area contributed by atoms with E-state index in [1.807, 2.05) is 6.07 Å². The number of benzene rings is 1. The van der Waals surface area contributed by atoms with E-state index in [1.165, 1.54) is 11.1 Å². The fraction of sp³-hybridized carbons (Fsp3) is 0.600. The first kappa shape index (κ1) is 16.0. The van der Waals surface area contributed by atoms with Crippen molar-refractivity contribution < 1.29 is 14.6 Å². The van der Waals surface area contributed by atoms with E-state index in [0.717, 1.165) is 37.3 Å². The molecule has 1 fully saturated rings. The molecule has 4 heteroatoms. The number of ether oxygens (including phenoxy) is 2. The lowest BCUT2D eigenvalue weighted by molar-refractivity contribution is -0.112. The van der Waals surface area contributed by atoms with Crippen LogP contribution >= 0.6 is 0 Å². The summed E-state index contributed by atoms with van der Waals surface area (Å²) in [6.07, 6.45) is 3.70. The first-order chi connectivity index (χ1) is 11.5. The van der Waals surface area contributed by atoms with Crippen LogP contribution in [-0.4, -0.2) is 49.0 Å². The third kappa shape index (κ3) is 1.99. The highest BCUT2D eigenvalue weighted by atomic mass is 16.5. The number of hydrogen-bond donors (Lipinski definition) is 1. The summed E-state index contributed by atoms with van der Waals surface area (Å²) in [4.78, 5) is 2.48. The zero-order valence-electron chi connectivity index (χ0n) is 14.8. The molecule has 3 aliphatic rings. The standard InChI is InChI=1S/C20H27NO3/c1-5-16(22)19-20-8-9-21(3)15(12(20)2)10-13-6-7-17(23-4)18(24-19)14(13)11-20/h5-7,12,15-16,19,22H,1,8-11H2,2-4H3. The van der Waals surface area contributed by atoms with Crippen molar-refractivity contribution in [3.63, 3.8) is 0 Å². The zero-order chi connectivity index (χ0) is 17.1. The van der Waals surface area contributed by atoms with Crippen LogP contribution in [0.4, 0.5) is 0 Å². The summed E-state index contributed by atoms with van der Waals surface area (Å²) in [5.41, 5.74) is 2.60. The highest BCUT2D eigenvalue weighted by Crippen LogP contribution is 2.56. The third-order valence-corrected chi connectivity index (χ3v) is 6.82. The molecule has 24 heavy (non-hydrogen) atoms. The van der Waals surface area contributed by atoms with Crippen molar-refractivity contribution >= 4 is 0 Å². The zero-order valence-corrected chi connectivity index (χ0v) is 14.8. The van der Waals surface area contributed by atoms with Crippen molar-refractivity contribution in [3.8, 4) is 11.5 Å². The molecule has 1 N–H and O–H groups in total. The van der Waals surface area contributed by atoms with Crippen LogP contribution in [0.15, 0.2) is 24.8 Å². The molecule has 1 aromatic carbocycles. The molecule has 4 nitrogen and oxygen atoms in total. The van der Waals surface area contributed by atoms with Gasteiger partial charge < -0.3 is 19.5 Å². The molecule has 1 spiro atoms. The molecule has 1 aromatic rings. The smallest absolute Gasteiger partial charge is 0.165 e. The Kier molecular flexibility index (Phi) is 3.66. The SMILES string of the molecule is C=CC(O)C1Oc2c(OC)ccc3c2CC12CCN(C)C(C3)C2C. The maximum Gasteiger partial charge on any atom is 0.165 e. The van der Waals surface area contributed by atoms with Crippen molar-refractivity contribution in [1.82, 2.24) is 4.90 Å². The molecule has 2 aliphatic heterocycles. The predicted octanol–water partition coefficient (Wildman–Crippen LogP) is 2.43. The highest BCUT2D eigenvalue weighted by molar-refractivity contribution is 5.54. The van der Waals surface area contributed by atoms with E-state index < -0.39 is 6.10 Å². The lowest BCUT2D eigenvalue weighted by Crippen LogP contribution is -2.61. The lowest BCUT2D eigenvalue weighted by atomic mass is 9.60. The second-order valence-corrected chi connectivity index (χ2v) is 7.70. The van der Waals surface area contributed by atoms with Gasteiger partial charge in [-0.1, -0.05) is 19.1 Å². The molecule has 0 amide bonds. The van der Waals surface area contributed by atoms with E-state index in [4.69, 9.17) is 9.47 Å². The highest BCUT2D eigenvalue weighted by Gasteiger charge is 2.57. The van der Waals surface area contributed by atoms with Crippen LogP contribution < -0.4 is 9.47 Å². The molecule has 2 heterocycles. The average molecular weight is 329 g/mol. The minimum atomic E-state index is -0.670. The van der Waals surface area contributed by atoms with Gasteiger partial charge in [-0.2, -0.15) is 0 Å². The van der Waals surface area contributed by atoms with Crippen molar-refractivity contribution in [2.45, 2.75) is 44.4 Å². The van der Waals surface area contributed by atoms with Gasteiger partial charge in [0.25, 0.3) is 0 Å². The van der Waals surface area contributed by atoms with E-state index in [1.54, 1.807) is 13.2 Å². The Balaban J connectivity index is 1.94. The number of piperidine rings is 1. The lowest BCUT2D eigenvalue weighted by Gasteiger charge is -2.54. The Hall–Kier alpha value is -1.52. The van der Waals surface area contributed by atoms with Crippen molar-refractivity contribution in [2.24, 2.45) is 11.3 Å². The molecular weight excluding hydrogens is 302 g/mol. The maximum atomic E-state index is 10.7. The number of nitrogens with zero attached hydrogens (tertiary/aromatic N) is 1. The molecular formula is C20H27NO3. The number of fused-ring (bicyclic) bond motifs is 1. The average Bonchev–Trinajstić information content (AvgIpc) is 2.67. The summed E-state index contributed by atoms with van der Waals surface area (Å²) in [6, 6.07) is 4.67. The summed E-state index contributed by atoms with van der Waals surface area (Å²) in [7, 11) is 3.90. The van der Waals surface area contributed by atoms with E-state index in [9.17, 15) is 5.11 Å². The van der Waals surface area contributed by atoms with E-state index in [-0.39, 0.29) is 11.5 Å². The number of likely N-dealkylation sites (tertiary alicyclic amines) is 1. The first-order valence-electron chi connectivity index (χ1n) is 8.88. The molecule has 1 aliphatic carbocycles. The van der Waals surface area contributed by atoms with Gasteiger partial charge in [0.15, 0.2) is 11.5 Å². The van der Waals surface area contributed by atoms with Crippen LogP contribution in [0.5, 0.6) is 11.5 Å². The first-order valence-corrected chi connectivity index (χ1v) is 8.88. The minimum Gasteiger partial charge on any atom is -0.493 e. The molecule has 5 unspecified atom stereocenters. The topological polar surface area (TPSA) is 41.9 Å². The summed E-state index contributed by atoms with van der Waals surface area (Å²) in [5, 5.41) is 10.7. The Morgan fingerprint density at radius 1 is 1.50 bits per heavy atom. The third-order valence-electron chi connectivity index (χ3n) is 6.82. The molecule has 4 rings (SSSR count). The van der Waals surface area contributed by atoms with Crippen LogP contribution in [0.1, 0.15) is 24.5 Å². The van der Waals surface area contributed by atoms with Crippen LogP contribution in [-0.2, 0) is 12.8 Å². The quantitative estimate of drug-likeness (QED) is 0.865. The monoisotopic (exact) mass is 329 g/mol. The fourth-order valence-corrected chi connectivity index (χ4v) is 5.28. The molecule has 5 atom stereocenters. The summed E-state index contributed by atoms with van der Waals surface area (Å²) in [5.74, 6) is 2.04. The van der Waals surface area contributed by atoms with Gasteiger partial charge in [-0.3, -0.25) is 0 Å². The fourth-order valence-electron chi connectivity index (χ4n) is 5.28. The van der Waals surface area contributed by atoms with Crippen LogP contribution in [0.25, 0.3) is 0 Å². The van der Waals surface area contributed by atoms with E-state index in [0.29, 0.717) is 12.0 Å². The number of aliphatic hydroxyl groups is 1. The van der Waals surface area contributed by atoms with Gasteiger partial charge in [0, 0.05) is 17.0 Å². The van der Waals surface area contributed by atoms with Gasteiger partial charge in [-0.25, -0.2) is 0 Å². The number of hydrogen-bond acceptors (Lipinski definition) is 4. The molecule has 0 radical (unpaired) electrons. The van der Waals surface area contributed by atoms with Crippen LogP contribution in [0.3, 0.4) is 0 Å². The Labute approximate surface area is 144 Å². The molecule has 0 saturated carbocycles. The van der Waals surface area contributed by atoms with Gasteiger partial charge in [0.1, 0.15) is 12.2 Å². The van der Waals surface area contributed by atoms with Crippen molar-refractivity contribution in [1.29, 1.82) is 0 Å². The summed E-state index contributed by atoms with van der Waals surface area (Å²) in [6.45, 7) is 7.19. The van der Waals surface area contributed by atoms with Gasteiger partial charge in [0.05, 0.1) is 7.11 Å². The Morgan fingerprint density at radius 2 is 2.29 bits per heavy atom. The summed E-state index contributed by atoms with van der Waals surface area (Å²) >= 11 is 0. The number of rotatable bonds is 3. The van der Waals surface area contributed by atoms with Gasteiger partial charge >= 0.3 is 0 Å². The Morgan fingerprint density at radius 3 is 3.00 bits per heavy atom. The summed E-state index contributed by atoms with van der Waals surface area (Å²) < 4.78 is 12.0. The van der Waals surface area contributed by atoms with Crippen molar-refractivity contribution in [2.75, 3.05) is 20.7 Å². The van der Waals surface area contributed by atoms with Crippen LogP contribution in [0, 0.1) is 11.3 Å². The molecule has 3 bridgehead atoms. The number of likely N-dealkylation sites (N-methyl/N-ethyl adjacent to an activating group) is 1. The Bertz CT molecular complexity index is 673. The normalized spacial score (nSPS) is 35.6. The van der Waals surface area contributed by atoms with Gasteiger partial charge in [-0.15, -0.1) is 6.58 Å². The maximum absolute atomic E-state index is 10.7. The van der Waals surface area contributed by atoms with Gasteiger partial charge in [0.2, 0.25) is 0 Å². The van der Waals surface area contributed by atoms with E-state index >= 15 is 0 Å². The second kappa shape index (κ2) is 5.50.